The Kier molecular flexibility index (Phi) is 11.4. The van der Waals surface area contributed by atoms with Crippen molar-refractivity contribution in [3.63, 3.8) is 0 Å². The third-order valence-electron chi connectivity index (χ3n) is 7.35. The molecule has 0 bridgehead atoms. The lowest BCUT2D eigenvalue weighted by atomic mass is 10.0. The van der Waals surface area contributed by atoms with Crippen LogP contribution >= 0.6 is 0 Å². The minimum absolute atomic E-state index is 0.188. The lowest BCUT2D eigenvalue weighted by Gasteiger charge is -2.35. The summed E-state index contributed by atoms with van der Waals surface area (Å²) in [5.74, 6) is -2.13. The zero-order chi connectivity index (χ0) is 31.0. The Balaban J connectivity index is 1.59. The highest BCUT2D eigenvalue weighted by Crippen LogP contribution is 2.24. The van der Waals surface area contributed by atoms with Gasteiger partial charge in [-0.25, -0.2) is 5.43 Å². The third kappa shape index (κ3) is 8.25. The molecule has 226 valence electrons. The standard InChI is InChI=1S/C32H43N5O5/c1-8-11-20(5)29(38)35-28(19(3)4)30(39)34-21(6)31(40)37-15-10-12-27(36-37)32(41)42-22(7)23-13-14-24-18-33-26(9-2)17-25(24)16-23/h8-9,11,13-14,16-22,27-28,36H,2,10,12,15H2,1,3-7H3,(H,34,39)(H,35,38)/b11-8+/t20?,21?,22-,27?,28?/m1/s1. The fourth-order valence-electron chi connectivity index (χ4n) is 4.77. The summed E-state index contributed by atoms with van der Waals surface area (Å²) in [5.41, 5.74) is 4.58. The van der Waals surface area contributed by atoms with Crippen LogP contribution in [0.1, 0.15) is 71.7 Å². The molecule has 3 N–H and O–H groups in total. The van der Waals surface area contributed by atoms with Gasteiger partial charge in [0.05, 0.1) is 11.6 Å². The molecule has 4 unspecified atom stereocenters. The van der Waals surface area contributed by atoms with Gasteiger partial charge in [0.25, 0.3) is 5.91 Å². The van der Waals surface area contributed by atoms with E-state index in [9.17, 15) is 19.2 Å². The van der Waals surface area contributed by atoms with E-state index in [0.717, 1.165) is 22.0 Å². The molecule has 2 heterocycles. The van der Waals surface area contributed by atoms with Crippen molar-refractivity contribution in [2.24, 2.45) is 11.8 Å². The van der Waals surface area contributed by atoms with E-state index in [2.05, 4.69) is 27.6 Å². The second-order valence-electron chi connectivity index (χ2n) is 11.1. The summed E-state index contributed by atoms with van der Waals surface area (Å²) in [6.45, 7) is 14.8. The number of esters is 1. The number of hydrazine groups is 1. The van der Waals surface area contributed by atoms with Crippen molar-refractivity contribution in [3.05, 3.63) is 60.5 Å². The van der Waals surface area contributed by atoms with Gasteiger partial charge in [0.2, 0.25) is 11.8 Å². The number of nitrogens with one attached hydrogen (secondary N) is 3. The molecule has 3 amide bonds. The molecule has 2 aromatic rings. The minimum Gasteiger partial charge on any atom is -0.457 e. The Morgan fingerprint density at radius 1 is 1.07 bits per heavy atom. The summed E-state index contributed by atoms with van der Waals surface area (Å²) < 4.78 is 5.78. The molecule has 0 radical (unpaired) electrons. The van der Waals surface area contributed by atoms with E-state index in [0.29, 0.717) is 19.4 Å². The van der Waals surface area contributed by atoms with Crippen molar-refractivity contribution in [3.8, 4) is 0 Å². The molecule has 0 aliphatic carbocycles. The third-order valence-corrected chi connectivity index (χ3v) is 7.35. The first-order valence-electron chi connectivity index (χ1n) is 14.5. The quantitative estimate of drug-likeness (QED) is 0.273. The summed E-state index contributed by atoms with van der Waals surface area (Å²) in [6.07, 6.45) is 7.58. The maximum absolute atomic E-state index is 13.2. The summed E-state index contributed by atoms with van der Waals surface area (Å²) in [6, 6.07) is 5.34. The second-order valence-corrected chi connectivity index (χ2v) is 11.1. The molecule has 3 rings (SSSR count). The smallest absolute Gasteiger partial charge is 0.325 e. The Morgan fingerprint density at radius 2 is 1.81 bits per heavy atom. The number of fused-ring (bicyclic) bond motifs is 1. The average molecular weight is 578 g/mol. The zero-order valence-electron chi connectivity index (χ0n) is 25.3. The lowest BCUT2D eigenvalue weighted by Crippen LogP contribution is -2.61. The number of pyridine rings is 1. The molecule has 1 aromatic carbocycles. The summed E-state index contributed by atoms with van der Waals surface area (Å²) in [4.78, 5) is 56.1. The Morgan fingerprint density at radius 3 is 2.48 bits per heavy atom. The Labute approximate surface area is 247 Å². The van der Waals surface area contributed by atoms with Gasteiger partial charge in [-0.15, -0.1) is 0 Å². The topological polar surface area (TPSA) is 130 Å². The van der Waals surface area contributed by atoms with Crippen LogP contribution in [0.15, 0.2) is 49.2 Å². The van der Waals surface area contributed by atoms with Crippen LogP contribution in [-0.4, -0.2) is 58.4 Å². The molecule has 1 aromatic heterocycles. The summed E-state index contributed by atoms with van der Waals surface area (Å²) >= 11 is 0. The maximum atomic E-state index is 13.2. The normalized spacial score (nSPS) is 18.3. The molecule has 1 aliphatic rings. The lowest BCUT2D eigenvalue weighted by molar-refractivity contribution is -0.157. The monoisotopic (exact) mass is 577 g/mol. The molecule has 10 heteroatoms. The number of hydrogen-bond donors (Lipinski definition) is 3. The number of hydrogen-bond acceptors (Lipinski definition) is 7. The van der Waals surface area contributed by atoms with Gasteiger partial charge in [-0.1, -0.05) is 51.6 Å². The van der Waals surface area contributed by atoms with E-state index >= 15 is 0 Å². The van der Waals surface area contributed by atoms with Crippen LogP contribution < -0.4 is 16.1 Å². The maximum Gasteiger partial charge on any atom is 0.325 e. The molecule has 0 spiro atoms. The fourth-order valence-corrected chi connectivity index (χ4v) is 4.77. The van der Waals surface area contributed by atoms with Crippen molar-refractivity contribution in [2.75, 3.05) is 6.54 Å². The van der Waals surface area contributed by atoms with Gasteiger partial charge in [-0.2, -0.15) is 0 Å². The van der Waals surface area contributed by atoms with Crippen molar-refractivity contribution < 1.29 is 23.9 Å². The van der Waals surface area contributed by atoms with Crippen LogP contribution in [0, 0.1) is 11.8 Å². The first kappa shape index (κ1) is 32.5. The molecule has 1 aliphatic heterocycles. The molecule has 0 saturated carbocycles. The van der Waals surface area contributed by atoms with Crippen LogP contribution in [0.5, 0.6) is 0 Å². The summed E-state index contributed by atoms with van der Waals surface area (Å²) in [7, 11) is 0. The van der Waals surface area contributed by atoms with E-state index in [4.69, 9.17) is 4.74 Å². The van der Waals surface area contributed by atoms with Crippen LogP contribution in [0.2, 0.25) is 0 Å². The van der Waals surface area contributed by atoms with Gasteiger partial charge in [-0.05, 0) is 68.7 Å². The average Bonchev–Trinajstić information content (AvgIpc) is 2.98. The second kappa shape index (κ2) is 14.7. The number of carbonyl (C=O) groups excluding carboxylic acids is 4. The van der Waals surface area contributed by atoms with Crippen molar-refractivity contribution >= 4 is 40.5 Å². The zero-order valence-corrected chi connectivity index (χ0v) is 25.3. The van der Waals surface area contributed by atoms with Crippen LogP contribution in [-0.2, 0) is 23.9 Å². The number of carbonyl (C=O) groups is 4. The number of benzene rings is 1. The largest absolute Gasteiger partial charge is 0.457 e. The number of allylic oxidation sites excluding steroid dienone is 1. The van der Waals surface area contributed by atoms with Gasteiger partial charge in [-0.3, -0.25) is 29.2 Å². The van der Waals surface area contributed by atoms with E-state index in [1.165, 1.54) is 5.01 Å². The van der Waals surface area contributed by atoms with Crippen molar-refractivity contribution in [1.82, 2.24) is 26.1 Å². The molecular weight excluding hydrogens is 534 g/mol. The van der Waals surface area contributed by atoms with Gasteiger partial charge in [0.1, 0.15) is 24.2 Å². The van der Waals surface area contributed by atoms with Crippen LogP contribution in [0.4, 0.5) is 0 Å². The predicted molar refractivity (Wildman–Crippen MR) is 163 cm³/mol. The Hall–Kier alpha value is -4.05. The van der Waals surface area contributed by atoms with E-state index < -0.39 is 36.1 Å². The van der Waals surface area contributed by atoms with Gasteiger partial charge in [0, 0.05) is 18.1 Å². The number of nitrogens with zero attached hydrogens (tertiary/aromatic N) is 2. The first-order valence-corrected chi connectivity index (χ1v) is 14.5. The van der Waals surface area contributed by atoms with Crippen molar-refractivity contribution in [2.45, 2.75) is 78.6 Å². The fraction of sp³-hybridized carbons (Fsp3) is 0.469. The highest BCUT2D eigenvalue weighted by atomic mass is 16.5. The predicted octanol–water partition coefficient (Wildman–Crippen LogP) is 3.84. The number of ether oxygens (including phenoxy) is 1. The number of rotatable bonds is 11. The summed E-state index contributed by atoms with van der Waals surface area (Å²) in [5, 5.41) is 8.81. The first-order chi connectivity index (χ1) is 19.9. The highest BCUT2D eigenvalue weighted by molar-refractivity contribution is 5.93. The van der Waals surface area contributed by atoms with E-state index in [1.54, 1.807) is 45.2 Å². The number of aromatic nitrogens is 1. The SMILES string of the molecule is C=Cc1cc2cc([C@@H](C)OC(=O)C3CCCN(C(=O)C(C)NC(=O)C(NC(=O)C(C)/C=C/C)C(C)C)N3)ccc2cn1. The molecule has 5 atom stereocenters. The molecule has 1 fully saturated rings. The highest BCUT2D eigenvalue weighted by Gasteiger charge is 2.34. The van der Waals surface area contributed by atoms with Gasteiger partial charge in [0.15, 0.2) is 0 Å². The van der Waals surface area contributed by atoms with E-state index in [-0.39, 0.29) is 23.7 Å². The number of amides is 3. The van der Waals surface area contributed by atoms with Gasteiger partial charge >= 0.3 is 5.97 Å². The Bertz CT molecular complexity index is 1340. The molecular formula is C32H43N5O5. The molecule has 1 saturated heterocycles. The van der Waals surface area contributed by atoms with Gasteiger partial charge < -0.3 is 15.4 Å². The van der Waals surface area contributed by atoms with Crippen molar-refractivity contribution in [1.29, 1.82) is 0 Å². The molecule has 42 heavy (non-hydrogen) atoms. The van der Waals surface area contributed by atoms with Crippen LogP contribution in [0.3, 0.4) is 0 Å². The van der Waals surface area contributed by atoms with E-state index in [1.807, 2.05) is 45.0 Å². The minimum atomic E-state index is -0.877. The molecule has 10 nitrogen and oxygen atoms in total. The van der Waals surface area contributed by atoms with Crippen LogP contribution in [0.25, 0.3) is 16.8 Å².